The van der Waals surface area contributed by atoms with Crippen molar-refractivity contribution in [3.8, 4) is 5.75 Å². The number of hydrogen-bond donors (Lipinski definition) is 1. The molecule has 0 heterocycles. The fraction of sp³-hybridized carbons (Fsp3) is 0.533. The van der Waals surface area contributed by atoms with Gasteiger partial charge in [-0.05, 0) is 28.5 Å². The molecule has 0 fully saturated rings. The maximum absolute atomic E-state index is 14.1. The van der Waals surface area contributed by atoms with E-state index in [0.29, 0.717) is 5.75 Å². The van der Waals surface area contributed by atoms with Gasteiger partial charge in [-0.2, -0.15) is 8.42 Å². The molecule has 1 unspecified atom stereocenters. The van der Waals surface area contributed by atoms with E-state index in [0.717, 1.165) is 5.56 Å². The molecule has 0 aliphatic rings. The number of carbonyl (C=O) groups is 2. The van der Waals surface area contributed by atoms with Crippen molar-refractivity contribution in [2.75, 3.05) is 26.8 Å². The van der Waals surface area contributed by atoms with Gasteiger partial charge in [0, 0.05) is 12.8 Å². The molecule has 0 amide bonds. The van der Waals surface area contributed by atoms with Gasteiger partial charge in [-0.15, -0.1) is 0 Å². The van der Waals surface area contributed by atoms with Gasteiger partial charge in [0.2, 0.25) is 13.6 Å². The quantitative estimate of drug-likeness (QED) is 0.0852. The average Bonchev–Trinajstić information content (AvgIpc) is 2.93. The fourth-order valence-corrected chi connectivity index (χ4v) is 6.94. The van der Waals surface area contributed by atoms with Gasteiger partial charge in [-0.3, -0.25) is 18.2 Å². The van der Waals surface area contributed by atoms with Crippen LogP contribution in [0, 0.1) is 10.8 Å². The lowest BCUT2D eigenvalue weighted by Gasteiger charge is -2.28. The lowest BCUT2D eigenvalue weighted by molar-refractivity contribution is -0.0306. The highest BCUT2D eigenvalue weighted by Crippen LogP contribution is 2.56. The summed E-state index contributed by atoms with van der Waals surface area (Å²) in [6, 6.07) is 17.4. The summed E-state index contributed by atoms with van der Waals surface area (Å²) >= 11 is 0. The van der Waals surface area contributed by atoms with Crippen molar-refractivity contribution in [2.24, 2.45) is 10.8 Å². The van der Waals surface area contributed by atoms with E-state index in [1.807, 2.05) is 41.5 Å². The number of ether oxygens (including phenoxy) is 5. The SMILES string of the molecule is CC(C)(C)COC(=O)OCOP(=O)(OCOC(=O)OCC(C)(C)C)[C@H](CC(Cc1ccccc1)Oc1ccccc1)S(=O)(=O)O. The fourth-order valence-electron chi connectivity index (χ4n) is 3.51. The molecule has 15 heteroatoms. The van der Waals surface area contributed by atoms with E-state index in [1.54, 1.807) is 60.7 Å². The van der Waals surface area contributed by atoms with Crippen LogP contribution in [0.25, 0.3) is 0 Å². The second-order valence-corrected chi connectivity index (χ2v) is 16.6. The number of para-hydroxylation sites is 1. The molecule has 0 aliphatic carbocycles. The Labute approximate surface area is 264 Å². The molecule has 2 aromatic rings. The molecule has 1 N–H and O–H groups in total. The van der Waals surface area contributed by atoms with E-state index < -0.39 is 61.1 Å². The highest BCUT2D eigenvalue weighted by molar-refractivity contribution is 7.94. The molecule has 2 atom stereocenters. The van der Waals surface area contributed by atoms with Gasteiger partial charge in [0.05, 0.1) is 13.2 Å². The van der Waals surface area contributed by atoms with Crippen LogP contribution in [0.1, 0.15) is 53.5 Å². The number of carbonyl (C=O) groups excluding carboxylic acids is 2. The monoisotopic (exact) mass is 674 g/mol. The Kier molecular flexibility index (Phi) is 14.3. The van der Waals surface area contributed by atoms with E-state index in [1.165, 1.54) is 0 Å². The molecule has 0 saturated carbocycles. The van der Waals surface area contributed by atoms with Crippen LogP contribution < -0.4 is 4.74 Å². The molecule has 2 aromatic carbocycles. The first-order chi connectivity index (χ1) is 20.9. The van der Waals surface area contributed by atoms with Crippen molar-refractivity contribution < 1.29 is 59.9 Å². The Hall–Kier alpha value is -3.16. The number of hydrogen-bond acceptors (Lipinski definition) is 12. The van der Waals surface area contributed by atoms with Crippen LogP contribution in [0.15, 0.2) is 60.7 Å². The molecule has 45 heavy (non-hydrogen) atoms. The highest BCUT2D eigenvalue weighted by Gasteiger charge is 2.47. The van der Waals surface area contributed by atoms with Gasteiger partial charge in [0.25, 0.3) is 10.1 Å². The minimum Gasteiger partial charge on any atom is -0.490 e. The first-order valence-corrected chi connectivity index (χ1v) is 17.2. The Morgan fingerprint density at radius 1 is 0.756 bits per heavy atom. The van der Waals surface area contributed by atoms with Crippen molar-refractivity contribution in [1.82, 2.24) is 0 Å². The Bertz CT molecular complexity index is 1270. The first kappa shape index (κ1) is 38.0. The molecular weight excluding hydrogens is 631 g/mol. The molecular formula is C30H43O13PS. The van der Waals surface area contributed by atoms with E-state index in [9.17, 15) is 27.1 Å². The van der Waals surface area contributed by atoms with E-state index >= 15 is 0 Å². The maximum atomic E-state index is 14.1. The lowest BCUT2D eigenvalue weighted by Crippen LogP contribution is -2.32. The van der Waals surface area contributed by atoms with Gasteiger partial charge < -0.3 is 23.7 Å². The number of benzene rings is 2. The summed E-state index contributed by atoms with van der Waals surface area (Å²) in [4.78, 5) is 21.9. The predicted molar refractivity (Wildman–Crippen MR) is 164 cm³/mol. The number of rotatable bonds is 16. The Balaban J connectivity index is 2.32. The van der Waals surface area contributed by atoms with Gasteiger partial charge >= 0.3 is 19.9 Å². The van der Waals surface area contributed by atoms with Crippen LogP contribution in [0.2, 0.25) is 0 Å². The van der Waals surface area contributed by atoms with Crippen molar-refractivity contribution in [2.45, 2.75) is 65.5 Å². The van der Waals surface area contributed by atoms with Gasteiger partial charge in [0.15, 0.2) is 4.99 Å². The van der Waals surface area contributed by atoms with Crippen molar-refractivity contribution in [3.63, 3.8) is 0 Å². The molecule has 0 aromatic heterocycles. The highest BCUT2D eigenvalue weighted by atomic mass is 32.2. The topological polar surface area (TPSA) is 170 Å². The largest absolute Gasteiger partial charge is 0.510 e. The minimum atomic E-state index is -5.20. The van der Waals surface area contributed by atoms with E-state index in [-0.39, 0.29) is 30.5 Å². The Morgan fingerprint density at radius 3 is 1.62 bits per heavy atom. The van der Waals surface area contributed by atoms with Crippen LogP contribution in [0.3, 0.4) is 0 Å². The predicted octanol–water partition coefficient (Wildman–Crippen LogP) is 6.82. The van der Waals surface area contributed by atoms with E-state index in [4.69, 9.17) is 32.7 Å². The van der Waals surface area contributed by atoms with Gasteiger partial charge in [0.1, 0.15) is 11.9 Å². The summed E-state index contributed by atoms with van der Waals surface area (Å²) < 4.78 is 85.9. The second-order valence-electron chi connectivity index (χ2n) is 12.5. The average molecular weight is 675 g/mol. The summed E-state index contributed by atoms with van der Waals surface area (Å²) in [6.07, 6.45) is -3.83. The Morgan fingerprint density at radius 2 is 1.20 bits per heavy atom. The van der Waals surface area contributed by atoms with Crippen LogP contribution in [0.4, 0.5) is 9.59 Å². The standard InChI is InChI=1S/C30H43O13PS/c1-29(2,3)19-37-27(31)39-21-41-44(33,42-22-40-28(32)38-20-30(4,5)6)26(45(34,35)36)18-25(17-23-13-9-7-10-14-23)43-24-15-11-8-12-16-24/h7-16,25-26H,17-22H2,1-6H3,(H,34,35,36)/t25?,26-/m0/s1. The van der Waals surface area contributed by atoms with Crippen molar-refractivity contribution in [1.29, 1.82) is 0 Å². The summed E-state index contributed by atoms with van der Waals surface area (Å²) in [5.74, 6) is 0.374. The lowest BCUT2D eigenvalue weighted by atomic mass is 9.99. The van der Waals surface area contributed by atoms with Crippen molar-refractivity contribution in [3.05, 3.63) is 66.2 Å². The smallest absolute Gasteiger partial charge is 0.490 e. The summed E-state index contributed by atoms with van der Waals surface area (Å²) in [6.45, 7) is 8.67. The zero-order valence-corrected chi connectivity index (χ0v) is 28.1. The molecule has 0 spiro atoms. The van der Waals surface area contributed by atoms with Crippen LogP contribution in [-0.4, -0.2) is 63.2 Å². The van der Waals surface area contributed by atoms with Gasteiger partial charge in [-0.1, -0.05) is 90.1 Å². The molecule has 0 aliphatic heterocycles. The molecule has 0 radical (unpaired) electrons. The van der Waals surface area contributed by atoms with E-state index in [2.05, 4.69) is 0 Å². The van der Waals surface area contributed by atoms with Crippen LogP contribution in [0.5, 0.6) is 5.75 Å². The molecule has 2 rings (SSSR count). The molecule has 13 nitrogen and oxygen atoms in total. The third-order valence-corrected chi connectivity index (χ3v) is 9.88. The zero-order valence-electron chi connectivity index (χ0n) is 26.4. The molecule has 0 saturated heterocycles. The van der Waals surface area contributed by atoms with Crippen molar-refractivity contribution >= 4 is 30.0 Å². The summed E-state index contributed by atoms with van der Waals surface area (Å²) in [5.41, 5.74) is -0.0291. The normalized spacial score (nSPS) is 13.8. The van der Waals surface area contributed by atoms with Gasteiger partial charge in [-0.25, -0.2) is 9.59 Å². The maximum Gasteiger partial charge on any atom is 0.510 e. The third-order valence-electron chi connectivity index (χ3n) is 5.58. The van der Waals surface area contributed by atoms with Crippen LogP contribution >= 0.6 is 7.60 Å². The summed E-state index contributed by atoms with van der Waals surface area (Å²) in [7, 11) is -10.2. The second kappa shape index (κ2) is 17.0. The molecule has 0 bridgehead atoms. The molecule has 252 valence electrons. The first-order valence-electron chi connectivity index (χ1n) is 14.1. The zero-order chi connectivity index (χ0) is 33.7. The third kappa shape index (κ3) is 15.6. The summed E-state index contributed by atoms with van der Waals surface area (Å²) in [5, 5.41) is 0. The minimum absolute atomic E-state index is 0.0177. The van der Waals surface area contributed by atoms with Crippen LogP contribution in [-0.2, 0) is 49.1 Å².